The molecule has 0 unspecified atom stereocenters. The molecule has 0 saturated carbocycles. The summed E-state index contributed by atoms with van der Waals surface area (Å²) < 4.78 is 6.89. The van der Waals surface area contributed by atoms with Crippen LogP contribution in [0.3, 0.4) is 0 Å². The lowest BCUT2D eigenvalue weighted by atomic mass is 10.2. The standard InChI is InChI=1S/C17H13N3O4S/c1-9-2-3-14-13(4-9)18-15(24-14)6-20-17(23)11-8-25-7-10(11)12(19-20)5-16(21)22/h2-4,7-8H,5-6H2,1H3,(H,21,22). The third-order valence-corrected chi connectivity index (χ3v) is 4.61. The van der Waals surface area contributed by atoms with Crippen molar-refractivity contribution in [3.05, 3.63) is 56.5 Å². The quantitative estimate of drug-likeness (QED) is 0.604. The van der Waals surface area contributed by atoms with Crippen LogP contribution in [-0.4, -0.2) is 25.8 Å². The summed E-state index contributed by atoms with van der Waals surface area (Å²) in [6.07, 6.45) is -0.250. The molecule has 0 fully saturated rings. The van der Waals surface area contributed by atoms with Gasteiger partial charge in [0.2, 0.25) is 5.89 Å². The van der Waals surface area contributed by atoms with Gasteiger partial charge in [-0.2, -0.15) is 16.4 Å². The summed E-state index contributed by atoms with van der Waals surface area (Å²) in [6.45, 7) is 2.01. The highest BCUT2D eigenvalue weighted by atomic mass is 32.1. The zero-order valence-corrected chi connectivity index (χ0v) is 14.0. The van der Waals surface area contributed by atoms with Crippen LogP contribution in [0.1, 0.15) is 17.1 Å². The number of rotatable bonds is 4. The number of thiophene rings is 1. The summed E-state index contributed by atoms with van der Waals surface area (Å²) in [7, 11) is 0. The molecule has 0 atom stereocenters. The Morgan fingerprint density at radius 3 is 2.92 bits per heavy atom. The minimum absolute atomic E-state index is 0.0466. The topological polar surface area (TPSA) is 98.2 Å². The monoisotopic (exact) mass is 355 g/mol. The van der Waals surface area contributed by atoms with Gasteiger partial charge >= 0.3 is 5.97 Å². The lowest BCUT2D eigenvalue weighted by Crippen LogP contribution is -2.25. The lowest BCUT2D eigenvalue weighted by molar-refractivity contribution is -0.136. The summed E-state index contributed by atoms with van der Waals surface area (Å²) in [6, 6.07) is 5.65. The number of hydrogen-bond acceptors (Lipinski definition) is 6. The first-order valence-electron chi connectivity index (χ1n) is 7.55. The fourth-order valence-electron chi connectivity index (χ4n) is 2.73. The molecule has 4 rings (SSSR count). The van der Waals surface area contributed by atoms with Gasteiger partial charge in [-0.25, -0.2) is 9.67 Å². The Labute approximate surface area is 145 Å². The molecule has 3 aromatic heterocycles. The van der Waals surface area contributed by atoms with Crippen LogP contribution in [-0.2, 0) is 17.8 Å². The van der Waals surface area contributed by atoms with Gasteiger partial charge in [-0.15, -0.1) is 0 Å². The lowest BCUT2D eigenvalue weighted by Gasteiger charge is -2.06. The highest BCUT2D eigenvalue weighted by Gasteiger charge is 2.16. The second-order valence-corrected chi connectivity index (χ2v) is 6.50. The highest BCUT2D eigenvalue weighted by Crippen LogP contribution is 2.20. The molecule has 7 nitrogen and oxygen atoms in total. The molecule has 0 aliphatic carbocycles. The predicted molar refractivity (Wildman–Crippen MR) is 93.1 cm³/mol. The molecule has 0 aliphatic rings. The van der Waals surface area contributed by atoms with Gasteiger partial charge in [-0.05, 0) is 24.6 Å². The van der Waals surface area contributed by atoms with Gasteiger partial charge in [0.1, 0.15) is 12.1 Å². The molecule has 0 radical (unpaired) electrons. The fourth-order valence-corrected chi connectivity index (χ4v) is 3.56. The van der Waals surface area contributed by atoms with Crippen molar-refractivity contribution in [3.63, 3.8) is 0 Å². The molecule has 25 heavy (non-hydrogen) atoms. The molecule has 0 bridgehead atoms. The van der Waals surface area contributed by atoms with Crippen LogP contribution >= 0.6 is 11.3 Å². The average molecular weight is 355 g/mol. The van der Waals surface area contributed by atoms with Crippen molar-refractivity contribution in [3.8, 4) is 0 Å². The van der Waals surface area contributed by atoms with Gasteiger partial charge in [0.15, 0.2) is 5.58 Å². The molecule has 0 spiro atoms. The van der Waals surface area contributed by atoms with Crippen LogP contribution < -0.4 is 5.56 Å². The number of aliphatic carboxylic acids is 1. The average Bonchev–Trinajstić information content (AvgIpc) is 3.17. The van der Waals surface area contributed by atoms with E-state index < -0.39 is 5.97 Å². The van der Waals surface area contributed by atoms with Crippen molar-refractivity contribution in [2.75, 3.05) is 0 Å². The molecular weight excluding hydrogens is 342 g/mol. The van der Waals surface area contributed by atoms with E-state index in [9.17, 15) is 9.59 Å². The second kappa shape index (κ2) is 5.82. The van der Waals surface area contributed by atoms with Gasteiger partial charge in [0, 0.05) is 16.1 Å². The smallest absolute Gasteiger partial charge is 0.309 e. The van der Waals surface area contributed by atoms with Gasteiger partial charge in [-0.1, -0.05) is 6.07 Å². The van der Waals surface area contributed by atoms with Crippen LogP contribution in [0.25, 0.3) is 21.9 Å². The summed E-state index contributed by atoms with van der Waals surface area (Å²) in [5, 5.41) is 17.8. The zero-order chi connectivity index (χ0) is 17.6. The summed E-state index contributed by atoms with van der Waals surface area (Å²) in [5.41, 5.74) is 2.48. The SMILES string of the molecule is Cc1ccc2oc(Cn3nc(CC(=O)O)c4cscc4c3=O)nc2c1. The van der Waals surface area contributed by atoms with E-state index in [0.29, 0.717) is 33.5 Å². The van der Waals surface area contributed by atoms with Gasteiger partial charge < -0.3 is 9.52 Å². The Bertz CT molecular complexity index is 1170. The largest absolute Gasteiger partial charge is 0.481 e. The number of benzene rings is 1. The van der Waals surface area contributed by atoms with E-state index in [4.69, 9.17) is 9.52 Å². The van der Waals surface area contributed by atoms with Crippen molar-refractivity contribution in [1.82, 2.24) is 14.8 Å². The molecule has 1 N–H and O–H groups in total. The van der Waals surface area contributed by atoms with Gasteiger partial charge in [-0.3, -0.25) is 9.59 Å². The number of carboxylic acids is 1. The third kappa shape index (κ3) is 2.80. The van der Waals surface area contributed by atoms with E-state index in [-0.39, 0.29) is 18.5 Å². The Morgan fingerprint density at radius 1 is 1.32 bits per heavy atom. The van der Waals surface area contributed by atoms with Gasteiger partial charge in [0.25, 0.3) is 5.56 Å². The summed E-state index contributed by atoms with van der Waals surface area (Å²) in [4.78, 5) is 28.1. The molecule has 8 heteroatoms. The van der Waals surface area contributed by atoms with Crippen LogP contribution in [0.15, 0.2) is 38.2 Å². The number of fused-ring (bicyclic) bond motifs is 2. The second-order valence-electron chi connectivity index (χ2n) is 5.76. The first-order chi connectivity index (χ1) is 12.0. The maximum atomic E-state index is 12.6. The zero-order valence-electron chi connectivity index (χ0n) is 13.2. The molecular formula is C17H13N3O4S. The molecule has 0 aliphatic heterocycles. The van der Waals surface area contributed by atoms with E-state index in [1.807, 2.05) is 25.1 Å². The van der Waals surface area contributed by atoms with Crippen molar-refractivity contribution < 1.29 is 14.3 Å². The molecule has 3 heterocycles. The Balaban J connectivity index is 1.80. The first-order valence-corrected chi connectivity index (χ1v) is 8.49. The maximum absolute atomic E-state index is 12.6. The highest BCUT2D eigenvalue weighted by molar-refractivity contribution is 7.09. The van der Waals surface area contributed by atoms with Crippen molar-refractivity contribution in [2.45, 2.75) is 19.9 Å². The van der Waals surface area contributed by atoms with Crippen LogP contribution in [0.5, 0.6) is 0 Å². The van der Waals surface area contributed by atoms with Crippen LogP contribution in [0, 0.1) is 6.92 Å². The number of carboxylic acid groups (broad SMARTS) is 1. The Kier molecular flexibility index (Phi) is 3.61. The molecule has 0 amide bonds. The molecule has 0 saturated heterocycles. The number of hydrogen-bond donors (Lipinski definition) is 1. The normalized spacial score (nSPS) is 11.4. The van der Waals surface area contributed by atoms with E-state index in [1.165, 1.54) is 16.0 Å². The number of aromatic nitrogens is 3. The van der Waals surface area contributed by atoms with E-state index in [0.717, 1.165) is 5.56 Å². The third-order valence-electron chi connectivity index (χ3n) is 3.87. The molecule has 1 aromatic carbocycles. The minimum Gasteiger partial charge on any atom is -0.481 e. The number of aryl methyl sites for hydroxylation is 1. The maximum Gasteiger partial charge on any atom is 0.309 e. The Hall–Kier alpha value is -3.00. The predicted octanol–water partition coefficient (Wildman–Crippen LogP) is 2.58. The first kappa shape index (κ1) is 15.5. The minimum atomic E-state index is -0.998. The Morgan fingerprint density at radius 2 is 2.12 bits per heavy atom. The number of oxazole rings is 1. The van der Waals surface area contributed by atoms with Crippen LogP contribution in [0.2, 0.25) is 0 Å². The number of carbonyl (C=O) groups is 1. The van der Waals surface area contributed by atoms with Crippen molar-refractivity contribution >= 4 is 39.2 Å². The van der Waals surface area contributed by atoms with Crippen molar-refractivity contribution in [1.29, 1.82) is 0 Å². The number of nitrogens with zero attached hydrogens (tertiary/aromatic N) is 3. The van der Waals surface area contributed by atoms with E-state index in [2.05, 4.69) is 10.1 Å². The van der Waals surface area contributed by atoms with E-state index in [1.54, 1.807) is 10.8 Å². The summed E-state index contributed by atoms with van der Waals surface area (Å²) >= 11 is 1.34. The van der Waals surface area contributed by atoms with E-state index >= 15 is 0 Å². The summed E-state index contributed by atoms with van der Waals surface area (Å²) in [5.74, 6) is -0.645. The fraction of sp³-hybridized carbons (Fsp3) is 0.176. The van der Waals surface area contributed by atoms with Gasteiger partial charge in [0.05, 0.1) is 17.5 Å². The molecule has 4 aromatic rings. The van der Waals surface area contributed by atoms with Crippen LogP contribution in [0.4, 0.5) is 0 Å². The molecule has 126 valence electrons. The van der Waals surface area contributed by atoms with Crippen molar-refractivity contribution in [2.24, 2.45) is 0 Å².